The Bertz CT molecular complexity index is 438. The lowest BCUT2D eigenvalue weighted by Gasteiger charge is -2.11. The molecule has 11 heteroatoms. The van der Waals surface area contributed by atoms with Gasteiger partial charge in [0.25, 0.3) is 0 Å². The van der Waals surface area contributed by atoms with Gasteiger partial charge in [0.15, 0.2) is 4.34 Å². The van der Waals surface area contributed by atoms with E-state index < -0.39 is 29.9 Å². The van der Waals surface area contributed by atoms with Crippen molar-refractivity contribution in [3.63, 3.8) is 0 Å². The molecule has 3 amide bonds. The van der Waals surface area contributed by atoms with Gasteiger partial charge >= 0.3 is 12.2 Å². The first-order valence-electron chi connectivity index (χ1n) is 4.86. The first kappa shape index (κ1) is 15.7. The van der Waals surface area contributed by atoms with Gasteiger partial charge in [0, 0.05) is 0 Å². The van der Waals surface area contributed by atoms with Gasteiger partial charge in [0.2, 0.25) is 5.91 Å². The van der Waals surface area contributed by atoms with E-state index in [-0.39, 0.29) is 0 Å². The van der Waals surface area contributed by atoms with Gasteiger partial charge in [-0.25, -0.2) is 4.79 Å². The average molecular weight is 314 g/mol. The Balaban J connectivity index is 2.35. The summed E-state index contributed by atoms with van der Waals surface area (Å²) >= 11 is 2.27. The zero-order chi connectivity index (χ0) is 14.5. The molecule has 0 aliphatic carbocycles. The van der Waals surface area contributed by atoms with Gasteiger partial charge in [-0.2, -0.15) is 13.2 Å². The van der Waals surface area contributed by atoms with Crippen molar-refractivity contribution in [3.8, 4) is 0 Å². The van der Waals surface area contributed by atoms with Crippen LogP contribution in [0.1, 0.15) is 6.92 Å². The Labute approximate surface area is 114 Å². The van der Waals surface area contributed by atoms with Gasteiger partial charge in [0.1, 0.15) is 12.1 Å². The maximum absolute atomic E-state index is 11.8. The van der Waals surface area contributed by atoms with Gasteiger partial charge < -0.3 is 5.32 Å². The smallest absolute Gasteiger partial charge is 0.329 e. The van der Waals surface area contributed by atoms with E-state index in [4.69, 9.17) is 0 Å². The summed E-state index contributed by atoms with van der Waals surface area (Å²) in [6, 6.07) is -1.19. The highest BCUT2D eigenvalue weighted by molar-refractivity contribution is 8.02. The third-order valence-corrected chi connectivity index (χ3v) is 3.58. The van der Waals surface area contributed by atoms with Crippen LogP contribution in [-0.2, 0) is 4.79 Å². The lowest BCUT2D eigenvalue weighted by atomic mass is 10.4. The fourth-order valence-electron chi connectivity index (χ4n) is 0.857. The Kier molecular flexibility index (Phi) is 5.54. The standard InChI is InChI=1S/C8H9F3N4O2S2/c1-4(19-7-15-13-3-18-7)5(16)14-6(17)12-2-8(9,10)11/h3-4H,2H2,1H3,(H2,12,14,16,17)/t4-/m1/s1. The summed E-state index contributed by atoms with van der Waals surface area (Å²) < 4.78 is 36.0. The number of aromatic nitrogens is 2. The van der Waals surface area contributed by atoms with Crippen molar-refractivity contribution in [2.45, 2.75) is 22.7 Å². The number of imide groups is 1. The molecule has 106 valence electrons. The number of hydrogen-bond acceptors (Lipinski definition) is 6. The number of thioether (sulfide) groups is 1. The second-order valence-electron chi connectivity index (χ2n) is 3.25. The summed E-state index contributed by atoms with van der Waals surface area (Å²) in [6.07, 6.45) is -4.52. The van der Waals surface area contributed by atoms with Gasteiger partial charge in [0.05, 0.1) is 5.25 Å². The maximum atomic E-state index is 11.8. The third-order valence-electron chi connectivity index (χ3n) is 1.67. The van der Waals surface area contributed by atoms with Crippen LogP contribution in [0.5, 0.6) is 0 Å². The van der Waals surface area contributed by atoms with Gasteiger partial charge in [-0.1, -0.05) is 23.1 Å². The lowest BCUT2D eigenvalue weighted by Crippen LogP contribution is -2.45. The molecular weight excluding hydrogens is 305 g/mol. The summed E-state index contributed by atoms with van der Waals surface area (Å²) in [7, 11) is 0. The summed E-state index contributed by atoms with van der Waals surface area (Å²) in [4.78, 5) is 22.5. The Morgan fingerprint density at radius 1 is 1.53 bits per heavy atom. The molecule has 0 radical (unpaired) electrons. The molecule has 1 atom stereocenters. The molecule has 0 bridgehead atoms. The van der Waals surface area contributed by atoms with E-state index in [1.165, 1.54) is 29.1 Å². The summed E-state index contributed by atoms with van der Waals surface area (Å²) in [5.74, 6) is -0.708. The highest BCUT2D eigenvalue weighted by atomic mass is 32.2. The molecule has 0 aliphatic rings. The van der Waals surface area contributed by atoms with Crippen LogP contribution in [0.3, 0.4) is 0 Å². The second-order valence-corrected chi connectivity index (χ2v) is 5.67. The fraction of sp³-hybridized carbons (Fsp3) is 0.500. The summed E-state index contributed by atoms with van der Waals surface area (Å²) in [5.41, 5.74) is 1.48. The zero-order valence-electron chi connectivity index (χ0n) is 9.52. The normalized spacial score (nSPS) is 12.8. The molecule has 6 nitrogen and oxygen atoms in total. The van der Waals surface area contributed by atoms with E-state index >= 15 is 0 Å². The van der Waals surface area contributed by atoms with Gasteiger partial charge in [-0.3, -0.25) is 10.1 Å². The van der Waals surface area contributed by atoms with Crippen LogP contribution >= 0.6 is 23.1 Å². The Morgan fingerprint density at radius 2 is 2.21 bits per heavy atom. The van der Waals surface area contributed by atoms with Crippen LogP contribution in [0.25, 0.3) is 0 Å². The molecule has 0 fully saturated rings. The number of rotatable bonds is 4. The predicted octanol–water partition coefficient (Wildman–Crippen LogP) is 1.41. The molecule has 0 aliphatic heterocycles. The molecule has 1 rings (SSSR count). The van der Waals surface area contributed by atoms with Crippen molar-refractivity contribution in [2.75, 3.05) is 6.54 Å². The quantitative estimate of drug-likeness (QED) is 0.821. The molecule has 0 aromatic carbocycles. The minimum absolute atomic E-state index is 0.526. The SMILES string of the molecule is C[C@@H](Sc1nncs1)C(=O)NC(=O)NCC(F)(F)F. The van der Waals surface area contributed by atoms with E-state index in [0.717, 1.165) is 11.8 Å². The number of urea groups is 1. The molecule has 0 saturated heterocycles. The van der Waals surface area contributed by atoms with E-state index in [1.807, 2.05) is 5.32 Å². The maximum Gasteiger partial charge on any atom is 0.405 e. The van der Waals surface area contributed by atoms with E-state index in [2.05, 4.69) is 10.2 Å². The van der Waals surface area contributed by atoms with Crippen molar-refractivity contribution in [1.82, 2.24) is 20.8 Å². The van der Waals surface area contributed by atoms with Crippen LogP contribution < -0.4 is 10.6 Å². The van der Waals surface area contributed by atoms with E-state index in [1.54, 1.807) is 0 Å². The number of nitrogens with one attached hydrogen (secondary N) is 2. The third kappa shape index (κ3) is 6.38. The number of hydrogen-bond donors (Lipinski definition) is 2. The molecular formula is C8H9F3N4O2S2. The fourth-order valence-corrected chi connectivity index (χ4v) is 2.48. The van der Waals surface area contributed by atoms with Gasteiger partial charge in [-0.15, -0.1) is 10.2 Å². The van der Waals surface area contributed by atoms with Crippen LogP contribution in [0.2, 0.25) is 0 Å². The van der Waals surface area contributed by atoms with Crippen LogP contribution in [0.15, 0.2) is 9.85 Å². The monoisotopic (exact) mass is 314 g/mol. The van der Waals surface area contributed by atoms with Crippen molar-refractivity contribution in [1.29, 1.82) is 0 Å². The molecule has 0 spiro atoms. The second kappa shape index (κ2) is 6.70. The number of carbonyl (C=O) groups is 2. The number of nitrogens with zero attached hydrogens (tertiary/aromatic N) is 2. The number of halogens is 3. The molecule has 19 heavy (non-hydrogen) atoms. The topological polar surface area (TPSA) is 84.0 Å². The van der Waals surface area contributed by atoms with Gasteiger partial charge in [-0.05, 0) is 6.92 Å². The minimum Gasteiger partial charge on any atom is -0.329 e. The molecule has 1 aromatic rings. The minimum atomic E-state index is -4.52. The summed E-state index contributed by atoms with van der Waals surface area (Å²) in [5, 5.41) is 9.92. The lowest BCUT2D eigenvalue weighted by molar-refractivity contribution is -0.124. The molecule has 0 saturated carbocycles. The largest absolute Gasteiger partial charge is 0.405 e. The van der Waals surface area contributed by atoms with Crippen molar-refractivity contribution < 1.29 is 22.8 Å². The van der Waals surface area contributed by atoms with Crippen molar-refractivity contribution >= 4 is 35.0 Å². The number of carbonyl (C=O) groups excluding carboxylic acids is 2. The molecule has 1 aromatic heterocycles. The number of amides is 3. The van der Waals surface area contributed by atoms with Crippen LogP contribution in [0, 0.1) is 0 Å². The van der Waals surface area contributed by atoms with E-state index in [9.17, 15) is 22.8 Å². The van der Waals surface area contributed by atoms with Crippen LogP contribution in [-0.4, -0.2) is 40.1 Å². The first-order chi connectivity index (χ1) is 8.78. The number of alkyl halides is 3. The molecule has 2 N–H and O–H groups in total. The predicted molar refractivity (Wildman–Crippen MR) is 62.8 cm³/mol. The first-order valence-corrected chi connectivity index (χ1v) is 6.62. The Hall–Kier alpha value is -1.36. The van der Waals surface area contributed by atoms with Crippen molar-refractivity contribution in [2.24, 2.45) is 0 Å². The summed E-state index contributed by atoms with van der Waals surface area (Å²) in [6.45, 7) is 0.00246. The van der Waals surface area contributed by atoms with Crippen molar-refractivity contribution in [3.05, 3.63) is 5.51 Å². The van der Waals surface area contributed by atoms with Crippen LogP contribution in [0.4, 0.5) is 18.0 Å². The Morgan fingerprint density at radius 3 is 2.74 bits per heavy atom. The molecule has 1 heterocycles. The zero-order valence-corrected chi connectivity index (χ0v) is 11.2. The highest BCUT2D eigenvalue weighted by Crippen LogP contribution is 2.23. The molecule has 0 unspecified atom stereocenters. The highest BCUT2D eigenvalue weighted by Gasteiger charge is 2.28. The average Bonchev–Trinajstić information content (AvgIpc) is 2.78. The van der Waals surface area contributed by atoms with E-state index in [0.29, 0.717) is 4.34 Å².